The Morgan fingerprint density at radius 3 is 1.88 bits per heavy atom. The topological polar surface area (TPSA) is 47.9 Å². The molecule has 4 nitrogen and oxygen atoms in total. The molecule has 0 aromatic heterocycles. The number of aliphatic hydroxyl groups excluding tert-OH is 1. The lowest BCUT2D eigenvalue weighted by atomic mass is 9.83. The summed E-state index contributed by atoms with van der Waals surface area (Å²) in [6, 6.07) is 20.1. The van der Waals surface area contributed by atoms with Gasteiger partial charge in [0.25, 0.3) is 0 Å². The van der Waals surface area contributed by atoms with Gasteiger partial charge in [0, 0.05) is 0 Å². The lowest BCUT2D eigenvalue weighted by molar-refractivity contribution is -0.290. The second-order valence-electron chi connectivity index (χ2n) is 7.00. The van der Waals surface area contributed by atoms with Gasteiger partial charge in [-0.3, -0.25) is 0 Å². The summed E-state index contributed by atoms with van der Waals surface area (Å²) in [6.45, 7) is 5.20. The molecule has 1 N–H and O–H groups in total. The lowest BCUT2D eigenvalue weighted by Crippen LogP contribution is -2.52. The number of aliphatic hydroxyl groups is 1. The molecular weight excluding hydrogens is 328 g/mol. The molecule has 5 atom stereocenters. The standard InChI is InChI=1S/C22H28O4/c1-16-17(2)21(24-14-18-9-5-3-6-10-18)22(26-20(16)13-23)25-15-19-11-7-4-8-12-19/h3-12,16-17,20-23H,13-15H2,1-2H3/t16-,17?,20?,21-,22?/m0/s1. The molecule has 1 heterocycles. The van der Waals surface area contributed by atoms with Gasteiger partial charge in [-0.1, -0.05) is 74.5 Å². The van der Waals surface area contributed by atoms with Crippen molar-refractivity contribution in [3.63, 3.8) is 0 Å². The zero-order valence-corrected chi connectivity index (χ0v) is 15.5. The molecule has 2 aromatic rings. The molecule has 0 amide bonds. The van der Waals surface area contributed by atoms with Crippen LogP contribution in [0, 0.1) is 11.8 Å². The van der Waals surface area contributed by atoms with Crippen LogP contribution in [0.2, 0.25) is 0 Å². The summed E-state index contributed by atoms with van der Waals surface area (Å²) in [4.78, 5) is 0. The van der Waals surface area contributed by atoms with Crippen LogP contribution in [-0.2, 0) is 27.4 Å². The lowest BCUT2D eigenvalue weighted by Gasteiger charge is -2.43. The smallest absolute Gasteiger partial charge is 0.184 e. The van der Waals surface area contributed by atoms with E-state index in [0.717, 1.165) is 11.1 Å². The van der Waals surface area contributed by atoms with Gasteiger partial charge in [-0.15, -0.1) is 0 Å². The minimum Gasteiger partial charge on any atom is -0.394 e. The summed E-state index contributed by atoms with van der Waals surface area (Å²) in [6.07, 6.45) is -0.915. The normalized spacial score (nSPS) is 28.8. The summed E-state index contributed by atoms with van der Waals surface area (Å²) < 4.78 is 18.3. The number of hydrogen-bond donors (Lipinski definition) is 1. The van der Waals surface area contributed by atoms with Crippen LogP contribution in [0.25, 0.3) is 0 Å². The number of benzene rings is 2. The third-order valence-electron chi connectivity index (χ3n) is 5.23. The van der Waals surface area contributed by atoms with E-state index in [9.17, 15) is 5.11 Å². The molecule has 0 bridgehead atoms. The van der Waals surface area contributed by atoms with E-state index >= 15 is 0 Å². The summed E-state index contributed by atoms with van der Waals surface area (Å²) in [5, 5.41) is 9.66. The van der Waals surface area contributed by atoms with Crippen LogP contribution < -0.4 is 0 Å². The maximum Gasteiger partial charge on any atom is 0.184 e. The van der Waals surface area contributed by atoms with Crippen LogP contribution in [-0.4, -0.2) is 30.2 Å². The van der Waals surface area contributed by atoms with Crippen LogP contribution in [0.15, 0.2) is 60.7 Å². The minimum absolute atomic E-state index is 0.0118. The molecule has 3 rings (SSSR count). The van der Waals surface area contributed by atoms with Crippen molar-refractivity contribution < 1.29 is 19.3 Å². The molecule has 2 aromatic carbocycles. The molecule has 0 saturated carbocycles. The second-order valence-corrected chi connectivity index (χ2v) is 7.00. The highest BCUT2D eigenvalue weighted by atomic mass is 16.7. The number of ether oxygens (including phenoxy) is 3. The Balaban J connectivity index is 1.68. The summed E-state index contributed by atoms with van der Waals surface area (Å²) >= 11 is 0. The van der Waals surface area contributed by atoms with Gasteiger partial charge in [0.05, 0.1) is 25.9 Å². The molecule has 1 saturated heterocycles. The van der Waals surface area contributed by atoms with Gasteiger partial charge in [-0.2, -0.15) is 0 Å². The average Bonchev–Trinajstić information content (AvgIpc) is 2.69. The van der Waals surface area contributed by atoms with Crippen molar-refractivity contribution in [2.24, 2.45) is 11.8 Å². The Morgan fingerprint density at radius 2 is 1.35 bits per heavy atom. The maximum absolute atomic E-state index is 9.66. The second kappa shape index (κ2) is 9.28. The minimum atomic E-state index is -0.498. The first-order chi connectivity index (χ1) is 12.7. The molecule has 26 heavy (non-hydrogen) atoms. The van der Waals surface area contributed by atoms with Gasteiger partial charge < -0.3 is 19.3 Å². The Hall–Kier alpha value is -1.72. The maximum atomic E-state index is 9.66. The first kappa shape index (κ1) is 19.1. The SMILES string of the molecule is CC1[C@H](C)C(CO)OC(OCc2ccccc2)[C@H]1OCc1ccccc1. The van der Waals surface area contributed by atoms with Crippen molar-refractivity contribution in [1.82, 2.24) is 0 Å². The summed E-state index contributed by atoms with van der Waals surface area (Å²) in [7, 11) is 0. The molecule has 3 unspecified atom stereocenters. The highest BCUT2D eigenvalue weighted by Gasteiger charge is 2.42. The van der Waals surface area contributed by atoms with Crippen molar-refractivity contribution in [1.29, 1.82) is 0 Å². The van der Waals surface area contributed by atoms with Gasteiger partial charge >= 0.3 is 0 Å². The van der Waals surface area contributed by atoms with E-state index in [0.29, 0.717) is 13.2 Å². The van der Waals surface area contributed by atoms with Crippen molar-refractivity contribution in [3.05, 3.63) is 71.8 Å². The Bertz CT molecular complexity index is 646. The van der Waals surface area contributed by atoms with Crippen LogP contribution in [0.1, 0.15) is 25.0 Å². The molecule has 4 heteroatoms. The van der Waals surface area contributed by atoms with Gasteiger partial charge in [-0.25, -0.2) is 0 Å². The predicted molar refractivity (Wildman–Crippen MR) is 100 cm³/mol. The van der Waals surface area contributed by atoms with Crippen LogP contribution in [0.5, 0.6) is 0 Å². The Kier molecular flexibility index (Phi) is 6.80. The fourth-order valence-corrected chi connectivity index (χ4v) is 3.35. The third-order valence-corrected chi connectivity index (χ3v) is 5.23. The van der Waals surface area contributed by atoms with Crippen LogP contribution in [0.4, 0.5) is 0 Å². The molecule has 1 aliphatic rings. The van der Waals surface area contributed by atoms with E-state index in [-0.39, 0.29) is 30.7 Å². The Morgan fingerprint density at radius 1 is 0.808 bits per heavy atom. The first-order valence-electron chi connectivity index (χ1n) is 9.26. The van der Waals surface area contributed by atoms with E-state index in [1.807, 2.05) is 60.7 Å². The predicted octanol–water partition coefficient (Wildman–Crippen LogP) is 3.78. The average molecular weight is 356 g/mol. The number of hydrogen-bond acceptors (Lipinski definition) is 4. The molecule has 0 spiro atoms. The van der Waals surface area contributed by atoms with E-state index < -0.39 is 6.29 Å². The van der Waals surface area contributed by atoms with Crippen LogP contribution in [0.3, 0.4) is 0 Å². The van der Waals surface area contributed by atoms with E-state index in [1.54, 1.807) is 0 Å². The fourth-order valence-electron chi connectivity index (χ4n) is 3.35. The highest BCUT2D eigenvalue weighted by Crippen LogP contribution is 2.34. The fraction of sp³-hybridized carbons (Fsp3) is 0.455. The third kappa shape index (κ3) is 4.71. The largest absolute Gasteiger partial charge is 0.394 e. The monoisotopic (exact) mass is 356 g/mol. The van der Waals surface area contributed by atoms with E-state index in [4.69, 9.17) is 14.2 Å². The van der Waals surface area contributed by atoms with E-state index in [2.05, 4.69) is 13.8 Å². The molecule has 140 valence electrons. The molecule has 1 fully saturated rings. The quantitative estimate of drug-likeness (QED) is 0.820. The Labute approximate surface area is 155 Å². The molecular formula is C22H28O4. The van der Waals surface area contributed by atoms with Crippen molar-refractivity contribution in [3.8, 4) is 0 Å². The van der Waals surface area contributed by atoms with E-state index in [1.165, 1.54) is 0 Å². The van der Waals surface area contributed by atoms with Gasteiger partial charge in [0.2, 0.25) is 0 Å². The van der Waals surface area contributed by atoms with Gasteiger partial charge in [0.1, 0.15) is 6.10 Å². The van der Waals surface area contributed by atoms with Gasteiger partial charge in [-0.05, 0) is 23.0 Å². The van der Waals surface area contributed by atoms with Crippen molar-refractivity contribution >= 4 is 0 Å². The van der Waals surface area contributed by atoms with Crippen molar-refractivity contribution in [2.75, 3.05) is 6.61 Å². The summed E-state index contributed by atoms with van der Waals surface area (Å²) in [5.41, 5.74) is 2.21. The van der Waals surface area contributed by atoms with Crippen LogP contribution >= 0.6 is 0 Å². The zero-order chi connectivity index (χ0) is 18.4. The van der Waals surface area contributed by atoms with Crippen molar-refractivity contribution in [2.45, 2.75) is 45.6 Å². The highest BCUT2D eigenvalue weighted by molar-refractivity contribution is 5.14. The zero-order valence-electron chi connectivity index (χ0n) is 15.5. The molecule has 1 aliphatic heterocycles. The molecule has 0 radical (unpaired) electrons. The first-order valence-corrected chi connectivity index (χ1v) is 9.26. The summed E-state index contributed by atoms with van der Waals surface area (Å²) in [5.74, 6) is 0.405. The molecule has 0 aliphatic carbocycles. The van der Waals surface area contributed by atoms with Gasteiger partial charge in [0.15, 0.2) is 6.29 Å². The number of rotatable bonds is 7.